The first-order valence-corrected chi connectivity index (χ1v) is 5.32. The highest BCUT2D eigenvalue weighted by atomic mass is 79.9. The van der Waals surface area contributed by atoms with Gasteiger partial charge in [-0.2, -0.15) is 0 Å². The van der Waals surface area contributed by atoms with E-state index in [4.69, 9.17) is 4.74 Å². The van der Waals surface area contributed by atoms with Gasteiger partial charge in [0.1, 0.15) is 0 Å². The van der Waals surface area contributed by atoms with E-state index in [2.05, 4.69) is 26.9 Å². The number of nitrogens with zero attached hydrogens (tertiary/aromatic N) is 1. The smallest absolute Gasteiger partial charge is 0.0622 e. The summed E-state index contributed by atoms with van der Waals surface area (Å²) in [7, 11) is 0. The van der Waals surface area contributed by atoms with Crippen molar-refractivity contribution in [3.8, 4) is 0 Å². The summed E-state index contributed by atoms with van der Waals surface area (Å²) in [6.07, 6.45) is 4.64. The van der Waals surface area contributed by atoms with E-state index in [0.29, 0.717) is 6.04 Å². The fourth-order valence-electron chi connectivity index (χ4n) is 1.80. The minimum absolute atomic E-state index is 0.682. The zero-order chi connectivity index (χ0) is 8.39. The summed E-state index contributed by atoms with van der Waals surface area (Å²) >= 11 is 3.53. The van der Waals surface area contributed by atoms with Gasteiger partial charge >= 0.3 is 0 Å². The van der Waals surface area contributed by atoms with Crippen molar-refractivity contribution in [2.24, 2.45) is 0 Å². The number of hydrogen-bond acceptors (Lipinski definition) is 2. The Morgan fingerprint density at radius 3 is 3.08 bits per heavy atom. The van der Waals surface area contributed by atoms with Crippen LogP contribution in [0.2, 0.25) is 0 Å². The lowest BCUT2D eigenvalue weighted by molar-refractivity contribution is 0.150. The maximum atomic E-state index is 5.36. The average molecular weight is 232 g/mol. The first-order valence-electron chi connectivity index (χ1n) is 4.52. The summed E-state index contributed by atoms with van der Waals surface area (Å²) in [6, 6.07) is 0.682. The Labute approximate surface area is 81.7 Å². The Kier molecular flexibility index (Phi) is 2.84. The molecule has 3 heteroatoms. The minimum atomic E-state index is 0.682. The third kappa shape index (κ3) is 1.90. The first kappa shape index (κ1) is 8.73. The summed E-state index contributed by atoms with van der Waals surface area (Å²) in [5.41, 5.74) is 0. The quantitative estimate of drug-likeness (QED) is 0.683. The van der Waals surface area contributed by atoms with Crippen LogP contribution in [0, 0.1) is 0 Å². The zero-order valence-corrected chi connectivity index (χ0v) is 8.72. The van der Waals surface area contributed by atoms with Crippen molar-refractivity contribution in [1.29, 1.82) is 0 Å². The molecule has 0 aromatic carbocycles. The maximum Gasteiger partial charge on any atom is 0.0622 e. The molecule has 1 atom stereocenters. The predicted octanol–water partition coefficient (Wildman–Crippen LogP) is 1.76. The Balaban J connectivity index is 1.89. The highest BCUT2D eigenvalue weighted by molar-refractivity contribution is 9.11. The lowest BCUT2D eigenvalue weighted by Crippen LogP contribution is -2.38. The summed E-state index contributed by atoms with van der Waals surface area (Å²) in [5, 5.41) is 0. The molecule has 0 N–H and O–H groups in total. The van der Waals surface area contributed by atoms with Crippen molar-refractivity contribution in [3.05, 3.63) is 10.6 Å². The molecule has 2 aliphatic rings. The van der Waals surface area contributed by atoms with Gasteiger partial charge in [-0.05, 0) is 17.3 Å². The molecule has 0 aromatic heterocycles. The van der Waals surface area contributed by atoms with Crippen molar-refractivity contribution >= 4 is 15.9 Å². The van der Waals surface area contributed by atoms with Gasteiger partial charge in [0.05, 0.1) is 6.61 Å². The highest BCUT2D eigenvalue weighted by Gasteiger charge is 2.23. The maximum absolute atomic E-state index is 5.36. The lowest BCUT2D eigenvalue weighted by Gasteiger charge is -2.29. The number of hydrogen-bond donors (Lipinski definition) is 0. The van der Waals surface area contributed by atoms with Crippen molar-refractivity contribution in [1.82, 2.24) is 4.90 Å². The van der Waals surface area contributed by atoms with Crippen molar-refractivity contribution in [2.75, 3.05) is 26.3 Å². The molecule has 1 saturated heterocycles. The van der Waals surface area contributed by atoms with Gasteiger partial charge in [-0.3, -0.25) is 4.90 Å². The molecule has 2 rings (SSSR count). The van der Waals surface area contributed by atoms with E-state index in [1.54, 1.807) is 0 Å². The number of rotatable bonds is 1. The molecule has 2 heterocycles. The summed E-state index contributed by atoms with van der Waals surface area (Å²) < 4.78 is 6.72. The Hall–Kier alpha value is 0.140. The van der Waals surface area contributed by atoms with Crippen LogP contribution in [0.15, 0.2) is 10.6 Å². The molecule has 0 amide bonds. The number of halogens is 1. The topological polar surface area (TPSA) is 12.5 Å². The van der Waals surface area contributed by atoms with Gasteiger partial charge in [0.2, 0.25) is 0 Å². The molecular weight excluding hydrogens is 218 g/mol. The molecule has 1 unspecified atom stereocenters. The predicted molar refractivity (Wildman–Crippen MR) is 52.4 cm³/mol. The van der Waals surface area contributed by atoms with E-state index < -0.39 is 0 Å². The molecule has 1 fully saturated rings. The fraction of sp³-hybridized carbons (Fsp3) is 0.778. The van der Waals surface area contributed by atoms with E-state index in [0.717, 1.165) is 26.2 Å². The van der Waals surface area contributed by atoms with Crippen LogP contribution in [0.1, 0.15) is 12.8 Å². The van der Waals surface area contributed by atoms with Crippen LogP contribution >= 0.6 is 15.9 Å². The van der Waals surface area contributed by atoms with Crippen molar-refractivity contribution in [3.63, 3.8) is 0 Å². The molecular formula is C9H14BrNO. The SMILES string of the molecule is BrC1=CCN(C2CCOC2)CC1. The van der Waals surface area contributed by atoms with Crippen molar-refractivity contribution < 1.29 is 4.74 Å². The third-order valence-electron chi connectivity index (χ3n) is 2.61. The Morgan fingerprint density at radius 2 is 2.50 bits per heavy atom. The molecule has 0 spiro atoms. The summed E-state index contributed by atoms with van der Waals surface area (Å²) in [5.74, 6) is 0. The lowest BCUT2D eigenvalue weighted by atomic mass is 10.1. The van der Waals surface area contributed by atoms with Crippen LogP contribution in [0.3, 0.4) is 0 Å². The molecule has 0 saturated carbocycles. The largest absolute Gasteiger partial charge is 0.380 e. The normalized spacial score (nSPS) is 32.1. The van der Waals surface area contributed by atoms with Crippen LogP contribution in [-0.4, -0.2) is 37.2 Å². The minimum Gasteiger partial charge on any atom is -0.380 e. The van der Waals surface area contributed by atoms with Gasteiger partial charge < -0.3 is 4.74 Å². The Bertz CT molecular complexity index is 187. The van der Waals surface area contributed by atoms with Gasteiger partial charge in [0, 0.05) is 25.7 Å². The van der Waals surface area contributed by atoms with Crippen LogP contribution in [0.4, 0.5) is 0 Å². The molecule has 68 valence electrons. The molecule has 0 radical (unpaired) electrons. The van der Waals surface area contributed by atoms with Crippen LogP contribution in [0.5, 0.6) is 0 Å². The molecule has 0 aromatic rings. The standard InChI is InChI=1S/C9H14BrNO/c10-8-1-4-11(5-2-8)9-3-6-12-7-9/h1,9H,2-7H2. The van der Waals surface area contributed by atoms with Crippen LogP contribution < -0.4 is 0 Å². The van der Waals surface area contributed by atoms with E-state index in [1.165, 1.54) is 17.4 Å². The molecule has 2 aliphatic heterocycles. The summed E-state index contributed by atoms with van der Waals surface area (Å²) in [4.78, 5) is 2.51. The molecule has 0 aliphatic carbocycles. The zero-order valence-electron chi connectivity index (χ0n) is 7.13. The fourth-order valence-corrected chi connectivity index (χ4v) is 2.12. The van der Waals surface area contributed by atoms with Crippen LogP contribution in [0.25, 0.3) is 0 Å². The summed E-state index contributed by atoms with van der Waals surface area (Å²) in [6.45, 7) is 4.16. The number of ether oxygens (including phenoxy) is 1. The van der Waals surface area contributed by atoms with E-state index in [1.807, 2.05) is 0 Å². The van der Waals surface area contributed by atoms with Gasteiger partial charge in [0.25, 0.3) is 0 Å². The second-order valence-corrected chi connectivity index (χ2v) is 4.43. The molecule has 2 nitrogen and oxygen atoms in total. The third-order valence-corrected chi connectivity index (χ3v) is 3.33. The monoisotopic (exact) mass is 231 g/mol. The first-order chi connectivity index (χ1) is 5.86. The second-order valence-electron chi connectivity index (χ2n) is 3.41. The van der Waals surface area contributed by atoms with Gasteiger partial charge in [-0.25, -0.2) is 0 Å². The molecule has 0 bridgehead atoms. The Morgan fingerprint density at radius 1 is 1.58 bits per heavy atom. The van der Waals surface area contributed by atoms with Gasteiger partial charge in [-0.1, -0.05) is 22.0 Å². The van der Waals surface area contributed by atoms with E-state index >= 15 is 0 Å². The average Bonchev–Trinajstić information content (AvgIpc) is 2.58. The van der Waals surface area contributed by atoms with E-state index in [9.17, 15) is 0 Å². The highest BCUT2D eigenvalue weighted by Crippen LogP contribution is 2.20. The second kappa shape index (κ2) is 3.90. The van der Waals surface area contributed by atoms with Gasteiger partial charge in [0.15, 0.2) is 0 Å². The van der Waals surface area contributed by atoms with Gasteiger partial charge in [-0.15, -0.1) is 0 Å². The van der Waals surface area contributed by atoms with Crippen LogP contribution in [-0.2, 0) is 4.74 Å². The van der Waals surface area contributed by atoms with Crippen molar-refractivity contribution in [2.45, 2.75) is 18.9 Å². The molecule has 12 heavy (non-hydrogen) atoms. The van der Waals surface area contributed by atoms with E-state index in [-0.39, 0.29) is 0 Å².